The second-order valence-electron chi connectivity index (χ2n) is 10.5. The summed E-state index contributed by atoms with van der Waals surface area (Å²) < 4.78 is 10.7. The average Bonchev–Trinajstić information content (AvgIpc) is 3.16. The third-order valence-electron chi connectivity index (χ3n) is 6.44. The lowest BCUT2D eigenvalue weighted by atomic mass is 9.87. The molecule has 1 heterocycles. The molecule has 2 amide bonds. The van der Waals surface area contributed by atoms with Gasteiger partial charge in [-0.3, -0.25) is 9.59 Å². The van der Waals surface area contributed by atoms with E-state index < -0.39 is 23.8 Å². The Kier molecular flexibility index (Phi) is 8.93. The van der Waals surface area contributed by atoms with Gasteiger partial charge in [0.15, 0.2) is 0 Å². The number of unbranched alkanes of at least 4 members (excludes halogenated alkanes) is 1. The molecule has 212 valence electrons. The summed E-state index contributed by atoms with van der Waals surface area (Å²) in [4.78, 5) is 51.6. The number of anilines is 2. The van der Waals surface area contributed by atoms with Crippen molar-refractivity contribution in [1.29, 1.82) is 0 Å². The van der Waals surface area contributed by atoms with Crippen molar-refractivity contribution in [1.82, 2.24) is 0 Å². The van der Waals surface area contributed by atoms with Gasteiger partial charge in [0.05, 0.1) is 23.4 Å². The van der Waals surface area contributed by atoms with E-state index in [1.54, 1.807) is 36.4 Å². The van der Waals surface area contributed by atoms with Crippen LogP contribution in [0.3, 0.4) is 0 Å². The molecule has 0 spiro atoms. The molecule has 0 aliphatic carbocycles. The van der Waals surface area contributed by atoms with E-state index in [2.05, 4.69) is 26.1 Å². The van der Waals surface area contributed by atoms with Crippen LogP contribution in [0.5, 0.6) is 5.75 Å². The molecule has 0 saturated carbocycles. The summed E-state index contributed by atoms with van der Waals surface area (Å²) in [5.41, 5.74) is 2.32. The van der Waals surface area contributed by atoms with Gasteiger partial charge in [0.1, 0.15) is 16.5 Å². The fourth-order valence-electron chi connectivity index (χ4n) is 4.01. The molecule has 8 nitrogen and oxygen atoms in total. The molecule has 0 fully saturated rings. The zero-order chi connectivity index (χ0) is 29.7. The Morgan fingerprint density at radius 3 is 2.00 bits per heavy atom. The highest BCUT2D eigenvalue weighted by molar-refractivity contribution is 6.53. The third-order valence-corrected chi connectivity index (χ3v) is 6.79. The number of nitrogens with zero attached hydrogens (tertiary/aromatic N) is 1. The molecule has 0 radical (unpaired) electrons. The third kappa shape index (κ3) is 6.84. The van der Waals surface area contributed by atoms with Gasteiger partial charge in [-0.25, -0.2) is 14.5 Å². The van der Waals surface area contributed by atoms with Crippen LogP contribution in [0.25, 0.3) is 0 Å². The zero-order valence-corrected chi connectivity index (χ0v) is 24.1. The molecule has 1 aliphatic rings. The first-order valence-electron chi connectivity index (χ1n) is 13.2. The van der Waals surface area contributed by atoms with Gasteiger partial charge in [-0.05, 0) is 78.1 Å². The largest absolute Gasteiger partial charge is 0.462 e. The average molecular weight is 575 g/mol. The lowest BCUT2D eigenvalue weighted by molar-refractivity contribution is -0.120. The molecular formula is C32H31ClN2O6. The summed E-state index contributed by atoms with van der Waals surface area (Å²) in [6.45, 7) is 8.63. The number of imide groups is 1. The van der Waals surface area contributed by atoms with Crippen LogP contribution in [-0.4, -0.2) is 30.4 Å². The lowest BCUT2D eigenvalue weighted by Crippen LogP contribution is -2.32. The van der Waals surface area contributed by atoms with Gasteiger partial charge in [0.2, 0.25) is 0 Å². The second-order valence-corrected chi connectivity index (χ2v) is 10.9. The quantitative estimate of drug-likeness (QED) is 0.133. The molecule has 9 heteroatoms. The van der Waals surface area contributed by atoms with Crippen molar-refractivity contribution in [2.45, 2.75) is 46.0 Å². The molecule has 0 bridgehead atoms. The van der Waals surface area contributed by atoms with E-state index >= 15 is 0 Å². The Bertz CT molecular complexity index is 1490. The van der Waals surface area contributed by atoms with Crippen molar-refractivity contribution >= 4 is 46.7 Å². The number of hydrogen-bond donors (Lipinski definition) is 1. The molecule has 3 aromatic carbocycles. The normalized spacial score (nSPS) is 13.4. The minimum Gasteiger partial charge on any atom is -0.462 e. The van der Waals surface area contributed by atoms with E-state index in [0.717, 1.165) is 23.3 Å². The Morgan fingerprint density at radius 2 is 1.41 bits per heavy atom. The van der Waals surface area contributed by atoms with Crippen LogP contribution in [0.4, 0.5) is 11.4 Å². The number of carbonyl (C=O) groups excluding carboxylic acids is 4. The monoisotopic (exact) mass is 574 g/mol. The predicted octanol–water partition coefficient (Wildman–Crippen LogP) is 6.60. The van der Waals surface area contributed by atoms with Crippen molar-refractivity contribution in [3.8, 4) is 5.75 Å². The molecule has 1 N–H and O–H groups in total. The van der Waals surface area contributed by atoms with Gasteiger partial charge in [0, 0.05) is 5.69 Å². The summed E-state index contributed by atoms with van der Waals surface area (Å²) in [5, 5.41) is 2.60. The number of nitrogens with one attached hydrogen (secondary N) is 1. The van der Waals surface area contributed by atoms with Crippen LogP contribution in [0.15, 0.2) is 83.5 Å². The Balaban J connectivity index is 1.40. The van der Waals surface area contributed by atoms with E-state index in [4.69, 9.17) is 21.1 Å². The first-order chi connectivity index (χ1) is 19.5. The lowest BCUT2D eigenvalue weighted by Gasteiger charge is -2.19. The fourth-order valence-corrected chi connectivity index (χ4v) is 4.22. The topological polar surface area (TPSA) is 102 Å². The number of hydrogen-bond acceptors (Lipinski definition) is 7. The number of benzene rings is 3. The number of amides is 2. The van der Waals surface area contributed by atoms with E-state index in [0.29, 0.717) is 29.2 Å². The maximum absolute atomic E-state index is 13.1. The van der Waals surface area contributed by atoms with Gasteiger partial charge in [-0.1, -0.05) is 57.8 Å². The predicted molar refractivity (Wildman–Crippen MR) is 157 cm³/mol. The molecule has 0 atom stereocenters. The molecule has 0 aromatic heterocycles. The number of halogens is 1. The highest BCUT2D eigenvalue weighted by Gasteiger charge is 2.39. The van der Waals surface area contributed by atoms with Gasteiger partial charge < -0.3 is 14.8 Å². The maximum atomic E-state index is 13.1. The van der Waals surface area contributed by atoms with Crippen LogP contribution in [0, 0.1) is 0 Å². The van der Waals surface area contributed by atoms with Crippen LogP contribution < -0.4 is 15.0 Å². The minimum absolute atomic E-state index is 0.0138. The number of carbonyl (C=O) groups is 4. The summed E-state index contributed by atoms with van der Waals surface area (Å²) in [6, 6.07) is 19.5. The first-order valence-corrected chi connectivity index (χ1v) is 13.6. The molecule has 3 aromatic rings. The molecule has 41 heavy (non-hydrogen) atoms. The summed E-state index contributed by atoms with van der Waals surface area (Å²) in [6.07, 6.45) is 1.67. The van der Waals surface area contributed by atoms with E-state index in [9.17, 15) is 19.2 Å². The van der Waals surface area contributed by atoms with Crippen LogP contribution >= 0.6 is 11.6 Å². The zero-order valence-electron chi connectivity index (χ0n) is 23.3. The number of rotatable bonds is 9. The summed E-state index contributed by atoms with van der Waals surface area (Å²) in [7, 11) is 0. The van der Waals surface area contributed by atoms with Crippen LogP contribution in [0.2, 0.25) is 0 Å². The van der Waals surface area contributed by atoms with Crippen molar-refractivity contribution < 1.29 is 28.7 Å². The van der Waals surface area contributed by atoms with E-state index in [-0.39, 0.29) is 21.8 Å². The molecular weight excluding hydrogens is 544 g/mol. The van der Waals surface area contributed by atoms with Gasteiger partial charge in [-0.2, -0.15) is 0 Å². The van der Waals surface area contributed by atoms with Crippen molar-refractivity contribution in [2.75, 3.05) is 16.8 Å². The van der Waals surface area contributed by atoms with E-state index in [1.165, 1.54) is 24.3 Å². The van der Waals surface area contributed by atoms with Crippen LogP contribution in [-0.2, 0) is 19.7 Å². The van der Waals surface area contributed by atoms with E-state index in [1.807, 2.05) is 19.1 Å². The maximum Gasteiger partial charge on any atom is 0.343 e. The Morgan fingerprint density at radius 1 is 0.829 bits per heavy atom. The molecule has 0 unspecified atom stereocenters. The number of esters is 2. The minimum atomic E-state index is -0.699. The van der Waals surface area contributed by atoms with Gasteiger partial charge in [0.25, 0.3) is 11.8 Å². The summed E-state index contributed by atoms with van der Waals surface area (Å²) >= 11 is 6.24. The van der Waals surface area contributed by atoms with Crippen molar-refractivity contribution in [3.05, 3.63) is 100 Å². The smallest absolute Gasteiger partial charge is 0.343 e. The van der Waals surface area contributed by atoms with Crippen molar-refractivity contribution in [3.63, 3.8) is 0 Å². The first kappa shape index (κ1) is 29.6. The standard InChI is InChI=1S/C32H31ClN2O6/c1-5-6-19-40-30(38)20-9-15-24(16-10-20)35-28(36)26(33)27(29(35)37)34-23-13-7-21(8-14-23)31(39)41-25-17-11-22(12-18-25)32(2,3)4/h7-18,34H,5-6,19H2,1-4H3. The van der Waals surface area contributed by atoms with Crippen LogP contribution in [0.1, 0.15) is 66.8 Å². The Labute approximate surface area is 243 Å². The SMILES string of the molecule is CCCCOC(=O)c1ccc(N2C(=O)C(Cl)=C(Nc3ccc(C(=O)Oc4ccc(C(C)(C)C)cc4)cc3)C2=O)cc1. The molecule has 4 rings (SSSR count). The number of ether oxygens (including phenoxy) is 2. The summed E-state index contributed by atoms with van der Waals surface area (Å²) in [5.74, 6) is -1.93. The van der Waals surface area contributed by atoms with Gasteiger partial charge >= 0.3 is 11.9 Å². The van der Waals surface area contributed by atoms with Crippen molar-refractivity contribution in [2.24, 2.45) is 0 Å². The Hall–Kier alpha value is -4.43. The highest BCUT2D eigenvalue weighted by atomic mass is 35.5. The fraction of sp³-hybridized carbons (Fsp3) is 0.250. The van der Waals surface area contributed by atoms with Gasteiger partial charge in [-0.15, -0.1) is 0 Å². The highest BCUT2D eigenvalue weighted by Crippen LogP contribution is 2.31. The molecule has 1 aliphatic heterocycles. The second kappa shape index (κ2) is 12.4. The molecule has 0 saturated heterocycles.